The molecule has 0 spiro atoms. The van der Waals surface area contributed by atoms with Crippen LogP contribution >= 0.6 is 0 Å². The second-order valence-corrected chi connectivity index (χ2v) is 2.64. The fourth-order valence-electron chi connectivity index (χ4n) is 1.14. The Balaban J connectivity index is 3.30. The second-order valence-electron chi connectivity index (χ2n) is 2.64. The summed E-state index contributed by atoms with van der Waals surface area (Å²) in [5, 5.41) is 8.41. The lowest BCUT2D eigenvalue weighted by atomic mass is 10.1. The van der Waals surface area contributed by atoms with Gasteiger partial charge in [0, 0.05) is 0 Å². The van der Waals surface area contributed by atoms with Gasteiger partial charge < -0.3 is 11.5 Å². The quantitative estimate of drug-likeness (QED) is 0.748. The molecule has 0 aliphatic heterocycles. The van der Waals surface area contributed by atoms with Crippen LogP contribution in [0.4, 0.5) is 20.4 Å². The molecule has 0 radical (unpaired) electrons. The van der Waals surface area contributed by atoms with Crippen LogP contribution in [0.15, 0.2) is 6.07 Å². The molecule has 0 saturated heterocycles. The maximum Gasteiger partial charge on any atom is 0.267 e. The molecule has 6 heteroatoms. The largest absolute Gasteiger partial charge is 0.384 e. The molecule has 0 bridgehead atoms. The average molecular weight is 198 g/mol. The average Bonchev–Trinajstić information content (AvgIpc) is 2.01. The molecule has 0 aromatic carbocycles. The molecular formula is C8H8F2N4. The lowest BCUT2D eigenvalue weighted by molar-refractivity contribution is 0.151. The van der Waals surface area contributed by atoms with Crippen LogP contribution in [0.1, 0.15) is 17.6 Å². The maximum absolute atomic E-state index is 12.5. The highest BCUT2D eigenvalue weighted by Gasteiger charge is 2.18. The summed E-state index contributed by atoms with van der Waals surface area (Å²) >= 11 is 0. The van der Waals surface area contributed by atoms with Gasteiger partial charge in [0.1, 0.15) is 11.6 Å². The number of anilines is 2. The highest BCUT2D eigenvalue weighted by molar-refractivity contribution is 5.52. The third kappa shape index (κ3) is 1.88. The van der Waals surface area contributed by atoms with Crippen molar-refractivity contribution in [3.63, 3.8) is 0 Å². The number of hydrogen-bond acceptors (Lipinski definition) is 4. The van der Waals surface area contributed by atoms with Gasteiger partial charge in [-0.05, 0) is 11.6 Å². The van der Waals surface area contributed by atoms with E-state index >= 15 is 0 Å². The van der Waals surface area contributed by atoms with Crippen molar-refractivity contribution in [1.29, 1.82) is 5.26 Å². The van der Waals surface area contributed by atoms with E-state index in [0.717, 1.165) is 0 Å². The normalized spacial score (nSPS) is 10.1. The Bertz CT molecular complexity index is 384. The molecule has 0 atom stereocenters. The summed E-state index contributed by atoms with van der Waals surface area (Å²) in [5.74, 6) is -0.276. The molecule has 1 rings (SSSR count). The first-order valence-corrected chi connectivity index (χ1v) is 3.76. The first-order valence-electron chi connectivity index (χ1n) is 3.76. The van der Waals surface area contributed by atoms with E-state index in [9.17, 15) is 8.78 Å². The van der Waals surface area contributed by atoms with E-state index in [2.05, 4.69) is 4.98 Å². The van der Waals surface area contributed by atoms with Gasteiger partial charge in [0.05, 0.1) is 18.1 Å². The summed E-state index contributed by atoms with van der Waals surface area (Å²) < 4.78 is 24.9. The minimum atomic E-state index is -2.74. The number of nitrogens with zero attached hydrogens (tertiary/aromatic N) is 2. The Labute approximate surface area is 79.1 Å². The van der Waals surface area contributed by atoms with E-state index < -0.39 is 12.0 Å². The molecule has 0 aliphatic carbocycles. The zero-order chi connectivity index (χ0) is 10.7. The van der Waals surface area contributed by atoms with E-state index in [4.69, 9.17) is 16.7 Å². The Morgan fingerprint density at radius 1 is 1.50 bits per heavy atom. The van der Waals surface area contributed by atoms with Crippen LogP contribution in [-0.2, 0) is 6.42 Å². The zero-order valence-corrected chi connectivity index (χ0v) is 7.17. The molecule has 4 N–H and O–H groups in total. The predicted octanol–water partition coefficient (Wildman–Crippen LogP) is 1.25. The Hall–Kier alpha value is -1.90. The summed E-state index contributed by atoms with van der Waals surface area (Å²) in [6, 6.07) is 3.00. The van der Waals surface area contributed by atoms with Crippen LogP contribution in [0, 0.1) is 11.3 Å². The second kappa shape index (κ2) is 3.87. The number of nitriles is 1. The van der Waals surface area contributed by atoms with E-state index in [1.54, 1.807) is 6.07 Å². The van der Waals surface area contributed by atoms with Gasteiger partial charge >= 0.3 is 0 Å². The van der Waals surface area contributed by atoms with Gasteiger partial charge in [0.15, 0.2) is 0 Å². The summed E-state index contributed by atoms with van der Waals surface area (Å²) in [7, 11) is 0. The topological polar surface area (TPSA) is 88.7 Å². The first-order chi connectivity index (χ1) is 6.56. The summed E-state index contributed by atoms with van der Waals surface area (Å²) in [6.07, 6.45) is -2.90. The number of pyridine rings is 1. The maximum atomic E-state index is 12.5. The Morgan fingerprint density at radius 3 is 2.64 bits per heavy atom. The van der Waals surface area contributed by atoms with Gasteiger partial charge in [-0.15, -0.1) is 0 Å². The molecule has 0 fully saturated rings. The minimum absolute atomic E-state index is 0.0390. The summed E-state index contributed by atoms with van der Waals surface area (Å²) in [6.45, 7) is 0. The van der Waals surface area contributed by atoms with Gasteiger partial charge in [-0.1, -0.05) is 0 Å². The van der Waals surface area contributed by atoms with Gasteiger partial charge in [-0.3, -0.25) is 0 Å². The molecule has 1 aromatic heterocycles. The van der Waals surface area contributed by atoms with Crippen LogP contribution in [0.3, 0.4) is 0 Å². The van der Waals surface area contributed by atoms with Crippen molar-refractivity contribution in [3.8, 4) is 6.07 Å². The van der Waals surface area contributed by atoms with E-state index in [-0.39, 0.29) is 23.6 Å². The van der Waals surface area contributed by atoms with Crippen LogP contribution in [0.2, 0.25) is 0 Å². The third-order valence-corrected chi connectivity index (χ3v) is 1.68. The fraction of sp³-hybridized carbons (Fsp3) is 0.250. The van der Waals surface area contributed by atoms with Crippen molar-refractivity contribution < 1.29 is 8.78 Å². The molecule has 0 saturated carbocycles. The molecule has 14 heavy (non-hydrogen) atoms. The van der Waals surface area contributed by atoms with Crippen molar-refractivity contribution in [2.24, 2.45) is 0 Å². The van der Waals surface area contributed by atoms with Gasteiger partial charge in [0.25, 0.3) is 6.43 Å². The van der Waals surface area contributed by atoms with Crippen LogP contribution in [-0.4, -0.2) is 4.98 Å². The third-order valence-electron chi connectivity index (χ3n) is 1.68. The van der Waals surface area contributed by atoms with Crippen LogP contribution < -0.4 is 11.5 Å². The van der Waals surface area contributed by atoms with Crippen molar-refractivity contribution in [1.82, 2.24) is 4.98 Å². The van der Waals surface area contributed by atoms with Crippen molar-refractivity contribution in [2.45, 2.75) is 12.8 Å². The minimum Gasteiger partial charge on any atom is -0.384 e. The zero-order valence-electron chi connectivity index (χ0n) is 7.17. The molecule has 4 nitrogen and oxygen atoms in total. The monoisotopic (exact) mass is 198 g/mol. The van der Waals surface area contributed by atoms with Crippen LogP contribution in [0.5, 0.6) is 0 Å². The van der Waals surface area contributed by atoms with Crippen molar-refractivity contribution >= 4 is 11.6 Å². The van der Waals surface area contributed by atoms with Gasteiger partial charge in [-0.2, -0.15) is 5.26 Å². The molecule has 0 amide bonds. The van der Waals surface area contributed by atoms with E-state index in [0.29, 0.717) is 0 Å². The Morgan fingerprint density at radius 2 is 2.14 bits per heavy atom. The van der Waals surface area contributed by atoms with Crippen molar-refractivity contribution in [3.05, 3.63) is 17.2 Å². The van der Waals surface area contributed by atoms with Gasteiger partial charge in [-0.25, -0.2) is 13.8 Å². The van der Waals surface area contributed by atoms with Crippen molar-refractivity contribution in [2.75, 3.05) is 11.5 Å². The number of nitrogen functional groups attached to an aromatic ring is 2. The number of halogens is 2. The molecule has 0 aliphatic rings. The summed E-state index contributed by atoms with van der Waals surface area (Å²) in [4.78, 5) is 3.50. The number of alkyl halides is 2. The number of aromatic nitrogens is 1. The van der Waals surface area contributed by atoms with E-state index in [1.807, 2.05) is 0 Å². The first kappa shape index (κ1) is 10.2. The molecule has 0 unspecified atom stereocenters. The lowest BCUT2D eigenvalue weighted by Gasteiger charge is -2.09. The van der Waals surface area contributed by atoms with Crippen LogP contribution in [0.25, 0.3) is 0 Å². The smallest absolute Gasteiger partial charge is 0.267 e. The van der Waals surface area contributed by atoms with E-state index in [1.165, 1.54) is 6.07 Å². The molecule has 1 aromatic rings. The fourth-order valence-corrected chi connectivity index (χ4v) is 1.14. The van der Waals surface area contributed by atoms with Gasteiger partial charge in [0.2, 0.25) is 0 Å². The number of hydrogen-bond donors (Lipinski definition) is 2. The Kier molecular flexibility index (Phi) is 2.82. The lowest BCUT2D eigenvalue weighted by Crippen LogP contribution is -2.05. The highest BCUT2D eigenvalue weighted by Crippen LogP contribution is 2.28. The molecule has 74 valence electrons. The predicted molar refractivity (Wildman–Crippen MR) is 47.3 cm³/mol. The highest BCUT2D eigenvalue weighted by atomic mass is 19.3. The molecular weight excluding hydrogens is 190 g/mol. The number of nitrogens with two attached hydrogens (primary N) is 2. The standard InChI is InChI=1S/C8H8F2N4/c9-7(10)6-4(1-2-11)3-5(12)14-8(6)13/h3,7H,1H2,(H4,12,13,14). The summed E-state index contributed by atoms with van der Waals surface area (Å²) in [5.41, 5.74) is 10.3. The number of rotatable bonds is 2. The molecule has 1 heterocycles. The SMILES string of the molecule is N#CCc1cc(N)nc(N)c1C(F)F.